The Balaban J connectivity index is 1.59. The molecular formula is C26H27F3N4O4. The molecule has 0 radical (unpaired) electrons. The molecule has 11 heteroatoms. The molecule has 37 heavy (non-hydrogen) atoms. The van der Waals surface area contributed by atoms with Gasteiger partial charge >= 0.3 is 6.18 Å². The van der Waals surface area contributed by atoms with Gasteiger partial charge in [-0.1, -0.05) is 19.9 Å². The SMILES string of the molecule is CC(C)CC(Oc1ccc2ccnc(N)c2c1)C(=O)Nc1ccc(N2CCOCC2=O)c(C(F)(F)F)c1. The number of carbonyl (C=O) groups excluding carboxylic acids is 2. The highest BCUT2D eigenvalue weighted by molar-refractivity contribution is 5.98. The molecule has 196 valence electrons. The van der Waals surface area contributed by atoms with E-state index in [1.165, 1.54) is 12.1 Å². The van der Waals surface area contributed by atoms with E-state index < -0.39 is 29.7 Å². The number of amides is 2. The van der Waals surface area contributed by atoms with E-state index in [0.717, 1.165) is 16.4 Å². The molecule has 8 nitrogen and oxygen atoms in total. The second-order valence-corrected chi connectivity index (χ2v) is 9.13. The zero-order valence-corrected chi connectivity index (χ0v) is 20.3. The molecule has 1 unspecified atom stereocenters. The van der Waals surface area contributed by atoms with Gasteiger partial charge in [0.15, 0.2) is 6.10 Å². The Hall–Kier alpha value is -3.86. The number of ether oxygens (including phenoxy) is 2. The van der Waals surface area contributed by atoms with Crippen LogP contribution in [0.3, 0.4) is 0 Å². The summed E-state index contributed by atoms with van der Waals surface area (Å²) < 4.78 is 52.7. The van der Waals surface area contributed by atoms with E-state index in [9.17, 15) is 22.8 Å². The summed E-state index contributed by atoms with van der Waals surface area (Å²) in [4.78, 5) is 30.4. The summed E-state index contributed by atoms with van der Waals surface area (Å²) in [6, 6.07) is 10.3. The fourth-order valence-electron chi connectivity index (χ4n) is 4.12. The van der Waals surface area contributed by atoms with Crippen LogP contribution in [0.25, 0.3) is 10.8 Å². The quantitative estimate of drug-likeness (QED) is 0.474. The molecule has 1 fully saturated rings. The van der Waals surface area contributed by atoms with Gasteiger partial charge in [-0.05, 0) is 54.1 Å². The summed E-state index contributed by atoms with van der Waals surface area (Å²) >= 11 is 0. The number of fused-ring (bicyclic) bond motifs is 1. The van der Waals surface area contributed by atoms with Gasteiger partial charge in [-0.2, -0.15) is 13.2 Å². The summed E-state index contributed by atoms with van der Waals surface area (Å²) in [6.45, 7) is 3.65. The third kappa shape index (κ3) is 6.11. The van der Waals surface area contributed by atoms with Gasteiger partial charge in [0.25, 0.3) is 11.8 Å². The largest absolute Gasteiger partial charge is 0.481 e. The molecule has 3 aromatic rings. The predicted molar refractivity (Wildman–Crippen MR) is 133 cm³/mol. The lowest BCUT2D eigenvalue weighted by molar-refractivity contribution is -0.137. The van der Waals surface area contributed by atoms with Crippen LogP contribution in [0.4, 0.5) is 30.4 Å². The molecule has 4 rings (SSSR count). The second kappa shape index (κ2) is 10.6. The van der Waals surface area contributed by atoms with Crippen LogP contribution >= 0.6 is 0 Å². The minimum Gasteiger partial charge on any atom is -0.481 e. The number of nitrogens with one attached hydrogen (secondary N) is 1. The summed E-state index contributed by atoms with van der Waals surface area (Å²) in [5.74, 6) is -0.415. The number of alkyl halides is 3. The molecule has 1 atom stereocenters. The molecule has 1 saturated heterocycles. The smallest absolute Gasteiger partial charge is 0.418 e. The number of hydrogen-bond acceptors (Lipinski definition) is 6. The first kappa shape index (κ1) is 26.2. The highest BCUT2D eigenvalue weighted by Crippen LogP contribution is 2.39. The van der Waals surface area contributed by atoms with Crippen molar-refractivity contribution in [3.63, 3.8) is 0 Å². The molecule has 0 bridgehead atoms. The first-order valence-electron chi connectivity index (χ1n) is 11.7. The number of carbonyl (C=O) groups is 2. The number of morpholine rings is 1. The normalized spacial score (nSPS) is 15.2. The molecule has 1 aliphatic heterocycles. The summed E-state index contributed by atoms with van der Waals surface area (Å²) in [5, 5.41) is 4.05. The van der Waals surface area contributed by atoms with Crippen LogP contribution in [0, 0.1) is 5.92 Å². The highest BCUT2D eigenvalue weighted by Gasteiger charge is 2.37. The lowest BCUT2D eigenvalue weighted by atomic mass is 10.0. The third-order valence-electron chi connectivity index (χ3n) is 5.87. The minimum absolute atomic E-state index is 0.00368. The molecule has 0 aliphatic carbocycles. The van der Waals surface area contributed by atoms with E-state index in [4.69, 9.17) is 15.2 Å². The molecule has 2 amide bonds. The second-order valence-electron chi connectivity index (χ2n) is 9.13. The predicted octanol–water partition coefficient (Wildman–Crippen LogP) is 4.63. The summed E-state index contributed by atoms with van der Waals surface area (Å²) in [6.07, 6.45) is -3.83. The highest BCUT2D eigenvalue weighted by atomic mass is 19.4. The van der Waals surface area contributed by atoms with E-state index >= 15 is 0 Å². The summed E-state index contributed by atoms with van der Waals surface area (Å²) in [7, 11) is 0. The standard InChI is InChI=1S/C26H27F3N4O4/c1-15(2)11-22(37-18-5-3-16-7-8-31-24(30)19(16)13-18)25(35)32-17-4-6-21(20(12-17)26(27,28)29)33-9-10-36-14-23(33)34/h3-8,12-13,15,22H,9-11,14H2,1-2H3,(H2,30,31)(H,32,35). The van der Waals surface area contributed by atoms with Crippen LogP contribution in [0.15, 0.2) is 48.7 Å². The Morgan fingerprint density at radius 3 is 2.70 bits per heavy atom. The molecule has 2 heterocycles. The Labute approximate surface area is 211 Å². The van der Waals surface area contributed by atoms with Crippen molar-refractivity contribution < 1.29 is 32.2 Å². The number of aromatic nitrogens is 1. The number of nitrogen functional groups attached to an aromatic ring is 1. The van der Waals surface area contributed by atoms with Gasteiger partial charge in [0, 0.05) is 23.8 Å². The van der Waals surface area contributed by atoms with E-state index in [-0.39, 0.29) is 37.1 Å². The van der Waals surface area contributed by atoms with Crippen LogP contribution in [0.2, 0.25) is 0 Å². The number of pyridine rings is 1. The van der Waals surface area contributed by atoms with Crippen molar-refractivity contribution in [2.45, 2.75) is 32.5 Å². The van der Waals surface area contributed by atoms with Crippen LogP contribution in [-0.2, 0) is 20.5 Å². The van der Waals surface area contributed by atoms with E-state index in [2.05, 4.69) is 10.3 Å². The number of halogens is 3. The number of rotatable bonds is 7. The third-order valence-corrected chi connectivity index (χ3v) is 5.87. The van der Waals surface area contributed by atoms with Crippen molar-refractivity contribution >= 4 is 39.8 Å². The average molecular weight is 517 g/mol. The van der Waals surface area contributed by atoms with Crippen LogP contribution < -0.4 is 20.7 Å². The first-order valence-corrected chi connectivity index (χ1v) is 11.7. The molecule has 2 aromatic carbocycles. The van der Waals surface area contributed by atoms with E-state index in [0.29, 0.717) is 23.4 Å². The average Bonchev–Trinajstić information content (AvgIpc) is 2.84. The van der Waals surface area contributed by atoms with Crippen molar-refractivity contribution in [2.75, 3.05) is 35.7 Å². The maximum Gasteiger partial charge on any atom is 0.418 e. The summed E-state index contributed by atoms with van der Waals surface area (Å²) in [5.41, 5.74) is 4.58. The van der Waals surface area contributed by atoms with Gasteiger partial charge in [-0.3, -0.25) is 9.59 Å². The molecule has 0 saturated carbocycles. The maximum atomic E-state index is 13.9. The van der Waals surface area contributed by atoms with Crippen LogP contribution in [0.5, 0.6) is 5.75 Å². The fourth-order valence-corrected chi connectivity index (χ4v) is 4.12. The van der Waals surface area contributed by atoms with Gasteiger partial charge < -0.3 is 25.4 Å². The lowest BCUT2D eigenvalue weighted by Gasteiger charge is -2.29. The number of anilines is 3. The maximum absolute atomic E-state index is 13.9. The molecular weight excluding hydrogens is 489 g/mol. The number of nitrogens with two attached hydrogens (primary N) is 1. The van der Waals surface area contributed by atoms with Crippen LogP contribution in [-0.4, -0.2) is 42.7 Å². The van der Waals surface area contributed by atoms with Crippen molar-refractivity contribution in [1.29, 1.82) is 0 Å². The van der Waals surface area contributed by atoms with Crippen molar-refractivity contribution in [1.82, 2.24) is 4.98 Å². The Morgan fingerprint density at radius 1 is 1.22 bits per heavy atom. The van der Waals surface area contributed by atoms with Crippen LogP contribution in [0.1, 0.15) is 25.8 Å². The number of benzene rings is 2. The van der Waals surface area contributed by atoms with E-state index in [1.807, 2.05) is 13.8 Å². The molecule has 1 aromatic heterocycles. The van der Waals surface area contributed by atoms with Gasteiger partial charge in [0.1, 0.15) is 18.2 Å². The number of hydrogen-bond donors (Lipinski definition) is 2. The lowest BCUT2D eigenvalue weighted by Crippen LogP contribution is -2.42. The Kier molecular flexibility index (Phi) is 7.53. The minimum atomic E-state index is -4.75. The fraction of sp³-hybridized carbons (Fsp3) is 0.346. The Bertz CT molecular complexity index is 1310. The van der Waals surface area contributed by atoms with Gasteiger partial charge in [0.05, 0.1) is 17.9 Å². The van der Waals surface area contributed by atoms with Gasteiger partial charge in [-0.25, -0.2) is 4.98 Å². The monoisotopic (exact) mass is 516 g/mol. The molecule has 0 spiro atoms. The van der Waals surface area contributed by atoms with E-state index in [1.54, 1.807) is 30.5 Å². The Morgan fingerprint density at radius 2 is 2.00 bits per heavy atom. The van der Waals surface area contributed by atoms with Gasteiger partial charge in [-0.15, -0.1) is 0 Å². The first-order chi connectivity index (χ1) is 17.5. The molecule has 1 aliphatic rings. The number of nitrogens with zero attached hydrogens (tertiary/aromatic N) is 2. The van der Waals surface area contributed by atoms with Crippen molar-refractivity contribution in [3.8, 4) is 5.75 Å². The molecule has 3 N–H and O–H groups in total. The zero-order chi connectivity index (χ0) is 26.7. The van der Waals surface area contributed by atoms with Crippen molar-refractivity contribution in [2.24, 2.45) is 5.92 Å². The topological polar surface area (TPSA) is 107 Å². The van der Waals surface area contributed by atoms with Gasteiger partial charge in [0.2, 0.25) is 0 Å². The van der Waals surface area contributed by atoms with Crippen molar-refractivity contribution in [3.05, 3.63) is 54.2 Å². The zero-order valence-electron chi connectivity index (χ0n) is 20.3.